The van der Waals surface area contributed by atoms with Gasteiger partial charge in [-0.2, -0.15) is 12.6 Å². The molecule has 0 spiro atoms. The number of hydrogen-bond acceptors (Lipinski definition) is 5. The van der Waals surface area contributed by atoms with Crippen LogP contribution < -0.4 is 0 Å². The summed E-state index contributed by atoms with van der Waals surface area (Å²) >= 11 is 3.65. The van der Waals surface area contributed by atoms with E-state index in [-0.39, 0.29) is 5.75 Å². The van der Waals surface area contributed by atoms with Gasteiger partial charge in [0.15, 0.2) is 5.78 Å². The largest absolute Gasteiger partial charge is 0.390 e. The Bertz CT molecular complexity index is 137. The van der Waals surface area contributed by atoms with E-state index >= 15 is 0 Å². The average Bonchev–Trinajstić information content (AvgIpc) is 2.00. The first kappa shape index (κ1) is 10.9. The number of aliphatic hydroxyl groups excluding tert-OH is 3. The normalized spacial score (nSPS) is 19.0. The molecule has 0 rings (SSSR count). The van der Waals surface area contributed by atoms with Crippen LogP contribution in [0.2, 0.25) is 0 Å². The topological polar surface area (TPSA) is 77.8 Å². The van der Waals surface area contributed by atoms with Crippen molar-refractivity contribution in [1.29, 1.82) is 0 Å². The molecule has 66 valence electrons. The van der Waals surface area contributed by atoms with Crippen LogP contribution >= 0.6 is 12.6 Å². The molecule has 0 bridgehead atoms. The first-order valence-electron chi connectivity index (χ1n) is 3.19. The second-order valence-corrected chi connectivity index (χ2v) is 2.65. The molecule has 0 fully saturated rings. The van der Waals surface area contributed by atoms with Crippen molar-refractivity contribution in [3.05, 3.63) is 0 Å². The third-order valence-electron chi connectivity index (χ3n) is 1.25. The minimum atomic E-state index is -1.52. The van der Waals surface area contributed by atoms with Gasteiger partial charge in [-0.3, -0.25) is 4.79 Å². The lowest BCUT2D eigenvalue weighted by atomic mass is 10.1. The molecule has 3 N–H and O–H groups in total. The van der Waals surface area contributed by atoms with Crippen LogP contribution in [-0.4, -0.2) is 45.2 Å². The van der Waals surface area contributed by atoms with Crippen molar-refractivity contribution < 1.29 is 20.1 Å². The molecule has 0 saturated carbocycles. The fraction of sp³-hybridized carbons (Fsp3) is 0.833. The number of thiol groups is 1. The minimum absolute atomic E-state index is 0.0530. The number of hydrogen-bond donors (Lipinski definition) is 4. The Morgan fingerprint density at radius 3 is 2.18 bits per heavy atom. The Balaban J connectivity index is 4.02. The van der Waals surface area contributed by atoms with Gasteiger partial charge in [0.1, 0.15) is 12.2 Å². The number of carbonyl (C=O) groups excluding carboxylic acids is 1. The van der Waals surface area contributed by atoms with Gasteiger partial charge in [-0.25, -0.2) is 0 Å². The quantitative estimate of drug-likeness (QED) is 0.401. The van der Waals surface area contributed by atoms with Crippen LogP contribution in [0.25, 0.3) is 0 Å². The molecule has 0 saturated heterocycles. The van der Waals surface area contributed by atoms with E-state index in [1.807, 2.05) is 0 Å². The molecule has 0 heterocycles. The first-order chi connectivity index (χ1) is 5.00. The Labute approximate surface area is 70.3 Å². The number of rotatable bonds is 4. The van der Waals surface area contributed by atoms with Crippen molar-refractivity contribution in [2.75, 3.05) is 5.75 Å². The molecule has 0 amide bonds. The number of Topliss-reactive ketones (excluding diaryl/α,β-unsaturated/α-hetero) is 1. The fourth-order valence-electron chi connectivity index (χ4n) is 0.525. The highest BCUT2D eigenvalue weighted by atomic mass is 32.1. The zero-order valence-electron chi connectivity index (χ0n) is 6.14. The summed E-state index contributed by atoms with van der Waals surface area (Å²) < 4.78 is 0. The molecule has 0 aliphatic rings. The molecular formula is C6H12O4S. The minimum Gasteiger partial charge on any atom is -0.390 e. The summed E-state index contributed by atoms with van der Waals surface area (Å²) in [5.41, 5.74) is 0. The number of carbonyl (C=O) groups is 1. The molecule has 11 heavy (non-hydrogen) atoms. The van der Waals surface area contributed by atoms with Crippen LogP contribution in [0.5, 0.6) is 0 Å². The fourth-order valence-corrected chi connectivity index (χ4v) is 0.705. The second kappa shape index (κ2) is 4.71. The maximum atomic E-state index is 10.8. The van der Waals surface area contributed by atoms with Crippen molar-refractivity contribution in [3.63, 3.8) is 0 Å². The van der Waals surface area contributed by atoms with Gasteiger partial charge >= 0.3 is 0 Å². The van der Waals surface area contributed by atoms with Crippen LogP contribution in [0, 0.1) is 0 Å². The monoisotopic (exact) mass is 180 g/mol. The highest BCUT2D eigenvalue weighted by Crippen LogP contribution is 1.99. The van der Waals surface area contributed by atoms with Gasteiger partial charge in [-0.15, -0.1) is 0 Å². The molecule has 5 heteroatoms. The van der Waals surface area contributed by atoms with E-state index in [0.717, 1.165) is 0 Å². The summed E-state index contributed by atoms with van der Waals surface area (Å²) in [7, 11) is 0. The van der Waals surface area contributed by atoms with E-state index in [4.69, 9.17) is 15.3 Å². The van der Waals surface area contributed by atoms with Crippen LogP contribution in [0.1, 0.15) is 6.92 Å². The molecular weight excluding hydrogens is 168 g/mol. The summed E-state index contributed by atoms with van der Waals surface area (Å²) in [4.78, 5) is 10.8. The Hall–Kier alpha value is -0.100. The molecule has 0 radical (unpaired) electrons. The van der Waals surface area contributed by atoms with Crippen molar-refractivity contribution >= 4 is 18.4 Å². The van der Waals surface area contributed by atoms with Crippen molar-refractivity contribution in [2.24, 2.45) is 0 Å². The predicted octanol–water partition coefficient (Wildman–Crippen LogP) is -1.41. The van der Waals surface area contributed by atoms with Gasteiger partial charge in [0.05, 0.1) is 6.10 Å². The maximum absolute atomic E-state index is 10.8. The zero-order chi connectivity index (χ0) is 9.02. The average molecular weight is 180 g/mol. The molecule has 0 unspecified atom stereocenters. The lowest BCUT2D eigenvalue weighted by Crippen LogP contribution is -2.39. The van der Waals surface area contributed by atoms with E-state index in [1.165, 1.54) is 6.92 Å². The number of ketones is 1. The van der Waals surface area contributed by atoms with E-state index in [2.05, 4.69) is 12.6 Å². The van der Waals surface area contributed by atoms with Crippen LogP contribution in [0.4, 0.5) is 0 Å². The van der Waals surface area contributed by atoms with Gasteiger partial charge in [-0.05, 0) is 6.92 Å². The summed E-state index contributed by atoms with van der Waals surface area (Å²) in [5, 5.41) is 26.5. The van der Waals surface area contributed by atoms with Gasteiger partial charge in [0.2, 0.25) is 0 Å². The SMILES string of the molecule is C[C@@H](O)[C@H](O)C(=O)[C@@H](O)CS. The predicted molar refractivity (Wildman–Crippen MR) is 42.6 cm³/mol. The molecule has 0 aliphatic heterocycles. The second-order valence-electron chi connectivity index (χ2n) is 2.29. The maximum Gasteiger partial charge on any atom is 0.193 e. The van der Waals surface area contributed by atoms with Crippen LogP contribution in [0.3, 0.4) is 0 Å². The van der Waals surface area contributed by atoms with E-state index < -0.39 is 24.1 Å². The highest BCUT2D eigenvalue weighted by molar-refractivity contribution is 7.80. The Morgan fingerprint density at radius 2 is 1.91 bits per heavy atom. The van der Waals surface area contributed by atoms with Gasteiger partial charge in [0, 0.05) is 5.75 Å². The van der Waals surface area contributed by atoms with Crippen LogP contribution in [0.15, 0.2) is 0 Å². The Kier molecular flexibility index (Phi) is 4.67. The molecule has 0 aromatic carbocycles. The lowest BCUT2D eigenvalue weighted by molar-refractivity contribution is -0.139. The Morgan fingerprint density at radius 1 is 1.45 bits per heavy atom. The molecule has 0 aliphatic carbocycles. The summed E-state index contributed by atoms with van der Waals surface area (Å²) in [5.74, 6) is -0.849. The van der Waals surface area contributed by atoms with E-state index in [9.17, 15) is 4.79 Å². The summed E-state index contributed by atoms with van der Waals surface area (Å²) in [6, 6.07) is 0. The molecule has 3 atom stereocenters. The molecule has 0 aromatic heterocycles. The van der Waals surface area contributed by atoms with E-state index in [1.54, 1.807) is 0 Å². The van der Waals surface area contributed by atoms with Crippen molar-refractivity contribution in [3.8, 4) is 0 Å². The lowest BCUT2D eigenvalue weighted by Gasteiger charge is -2.14. The van der Waals surface area contributed by atoms with Gasteiger partial charge in [-0.1, -0.05) is 0 Å². The van der Waals surface area contributed by atoms with E-state index in [0.29, 0.717) is 0 Å². The van der Waals surface area contributed by atoms with Crippen LogP contribution in [-0.2, 0) is 4.79 Å². The van der Waals surface area contributed by atoms with Crippen molar-refractivity contribution in [2.45, 2.75) is 25.2 Å². The third kappa shape index (κ3) is 3.20. The molecule has 4 nitrogen and oxygen atoms in total. The summed E-state index contributed by atoms with van der Waals surface area (Å²) in [6.45, 7) is 1.27. The third-order valence-corrected chi connectivity index (χ3v) is 1.60. The number of aliphatic hydroxyl groups is 3. The standard InChI is InChI=1S/C6H12O4S/c1-3(7)5(9)6(10)4(8)2-11/h3-5,7-9,11H,2H2,1H3/t3-,4+,5+/m1/s1. The highest BCUT2D eigenvalue weighted by Gasteiger charge is 2.25. The molecule has 0 aromatic rings. The van der Waals surface area contributed by atoms with Gasteiger partial charge in [0.25, 0.3) is 0 Å². The van der Waals surface area contributed by atoms with Gasteiger partial charge < -0.3 is 15.3 Å². The first-order valence-corrected chi connectivity index (χ1v) is 3.82. The summed E-state index contributed by atoms with van der Waals surface area (Å²) in [6.07, 6.45) is -3.97. The van der Waals surface area contributed by atoms with Crippen molar-refractivity contribution in [1.82, 2.24) is 0 Å². The smallest absolute Gasteiger partial charge is 0.193 e. The zero-order valence-corrected chi connectivity index (χ0v) is 7.03.